The molecule has 0 unspecified atom stereocenters. The van der Waals surface area contributed by atoms with Gasteiger partial charge >= 0.3 is 5.97 Å². The summed E-state index contributed by atoms with van der Waals surface area (Å²) in [6.07, 6.45) is 0. The lowest BCUT2D eigenvalue weighted by Gasteiger charge is -2.37. The SMILES string of the molecule is C.CCOC(=O)c1c(N2CCN(C(=O)c3cccs3)CC2)c2cc(C)ccc2n(Cc2ccc(F)cc2)c1=O. The topological polar surface area (TPSA) is 71.8 Å². The van der Waals surface area contributed by atoms with Crippen LogP contribution in [0.5, 0.6) is 0 Å². The fourth-order valence-corrected chi connectivity index (χ4v) is 5.58. The number of ether oxygens (including phenoxy) is 1. The minimum absolute atomic E-state index is 0. The first-order chi connectivity index (χ1) is 18.4. The summed E-state index contributed by atoms with van der Waals surface area (Å²) in [6, 6.07) is 15.4. The van der Waals surface area contributed by atoms with Crippen molar-refractivity contribution in [3.8, 4) is 0 Å². The van der Waals surface area contributed by atoms with E-state index >= 15 is 0 Å². The number of thiophene rings is 1. The average molecular weight is 550 g/mol. The predicted molar refractivity (Wildman–Crippen MR) is 154 cm³/mol. The molecule has 2 aromatic heterocycles. The molecular formula is C30H32FN3O4S. The second kappa shape index (κ2) is 11.8. The number of carbonyl (C=O) groups excluding carboxylic acids is 2. The zero-order valence-corrected chi connectivity index (χ0v) is 22.1. The first-order valence-corrected chi connectivity index (χ1v) is 13.4. The summed E-state index contributed by atoms with van der Waals surface area (Å²) in [5.74, 6) is -1.05. The third-order valence-electron chi connectivity index (χ3n) is 6.74. The second-order valence-corrected chi connectivity index (χ2v) is 10.2. The summed E-state index contributed by atoms with van der Waals surface area (Å²) in [5.41, 5.74) is 2.43. The molecule has 5 rings (SSSR count). The van der Waals surface area contributed by atoms with E-state index in [1.165, 1.54) is 23.5 Å². The minimum atomic E-state index is -0.680. The molecule has 1 amide bonds. The van der Waals surface area contributed by atoms with Gasteiger partial charge in [-0.2, -0.15) is 0 Å². The van der Waals surface area contributed by atoms with Gasteiger partial charge in [0.15, 0.2) is 0 Å². The highest BCUT2D eigenvalue weighted by Gasteiger charge is 2.30. The van der Waals surface area contributed by atoms with E-state index in [1.807, 2.05) is 47.5 Å². The van der Waals surface area contributed by atoms with E-state index in [0.29, 0.717) is 42.3 Å². The number of nitrogens with zero attached hydrogens (tertiary/aromatic N) is 3. The van der Waals surface area contributed by atoms with Crippen molar-refractivity contribution < 1.29 is 18.7 Å². The number of esters is 1. The number of hydrogen-bond donors (Lipinski definition) is 0. The predicted octanol–water partition coefficient (Wildman–Crippen LogP) is 5.33. The molecule has 0 N–H and O–H groups in total. The fraction of sp³-hybridized carbons (Fsp3) is 0.300. The Labute approximate surface area is 231 Å². The molecule has 204 valence electrons. The van der Waals surface area contributed by atoms with Crippen LogP contribution >= 0.6 is 11.3 Å². The van der Waals surface area contributed by atoms with Crippen molar-refractivity contribution in [2.45, 2.75) is 27.8 Å². The van der Waals surface area contributed by atoms with E-state index in [4.69, 9.17) is 4.74 Å². The zero-order valence-electron chi connectivity index (χ0n) is 21.3. The van der Waals surface area contributed by atoms with Gasteiger partial charge in [-0.25, -0.2) is 9.18 Å². The highest BCUT2D eigenvalue weighted by molar-refractivity contribution is 7.12. The number of aromatic nitrogens is 1. The zero-order chi connectivity index (χ0) is 26.8. The van der Waals surface area contributed by atoms with Crippen LogP contribution in [0.2, 0.25) is 0 Å². The maximum Gasteiger partial charge on any atom is 0.345 e. The number of amides is 1. The standard InChI is InChI=1S/C29H28FN3O4S.CH4/c1-3-37-29(36)25-26(31-12-14-32(15-13-31)27(34)24-5-4-16-38-24)22-17-19(2)6-11-23(22)33(28(25)35)18-20-7-9-21(30)10-8-20;/h4-11,16-17H,3,12-15,18H2,1-2H3;1H4. The Bertz CT molecular complexity index is 1540. The van der Waals surface area contributed by atoms with Crippen molar-refractivity contribution in [1.29, 1.82) is 0 Å². The number of piperazine rings is 1. The lowest BCUT2D eigenvalue weighted by Crippen LogP contribution is -2.49. The first-order valence-electron chi connectivity index (χ1n) is 12.5. The lowest BCUT2D eigenvalue weighted by atomic mass is 10.0. The Morgan fingerprint density at radius 1 is 1.03 bits per heavy atom. The lowest BCUT2D eigenvalue weighted by molar-refractivity contribution is 0.0523. The van der Waals surface area contributed by atoms with Crippen LogP contribution in [-0.4, -0.2) is 54.1 Å². The summed E-state index contributed by atoms with van der Waals surface area (Å²) < 4.78 is 20.4. The molecule has 0 radical (unpaired) electrons. The third kappa shape index (κ3) is 5.59. The van der Waals surface area contributed by atoms with Crippen LogP contribution < -0.4 is 10.5 Å². The molecule has 0 atom stereocenters. The molecule has 4 aromatic rings. The normalized spacial score (nSPS) is 13.3. The maximum absolute atomic E-state index is 13.9. The van der Waals surface area contributed by atoms with Gasteiger partial charge in [0.05, 0.1) is 29.2 Å². The van der Waals surface area contributed by atoms with Gasteiger partial charge in [-0.15, -0.1) is 11.3 Å². The van der Waals surface area contributed by atoms with Gasteiger partial charge in [0.2, 0.25) is 0 Å². The van der Waals surface area contributed by atoms with E-state index < -0.39 is 11.5 Å². The maximum atomic E-state index is 13.9. The number of anilines is 1. The van der Waals surface area contributed by atoms with Crippen molar-refractivity contribution in [2.75, 3.05) is 37.7 Å². The van der Waals surface area contributed by atoms with E-state index in [9.17, 15) is 18.8 Å². The average Bonchev–Trinajstić information content (AvgIpc) is 3.46. The number of pyridine rings is 1. The van der Waals surface area contributed by atoms with Gasteiger partial charge in [-0.3, -0.25) is 9.59 Å². The number of fused-ring (bicyclic) bond motifs is 1. The molecule has 0 spiro atoms. The molecule has 1 aliphatic rings. The molecular weight excluding hydrogens is 517 g/mol. The molecule has 0 aliphatic carbocycles. The largest absolute Gasteiger partial charge is 0.462 e. The summed E-state index contributed by atoms with van der Waals surface area (Å²) in [7, 11) is 0. The number of aryl methyl sites for hydroxylation is 1. The van der Waals surface area contributed by atoms with Crippen LogP contribution in [0.1, 0.15) is 45.5 Å². The van der Waals surface area contributed by atoms with E-state index in [-0.39, 0.29) is 37.9 Å². The molecule has 3 heterocycles. The van der Waals surface area contributed by atoms with Gasteiger partial charge in [-0.05, 0) is 55.1 Å². The van der Waals surface area contributed by atoms with Crippen LogP contribution in [0.3, 0.4) is 0 Å². The van der Waals surface area contributed by atoms with Crippen LogP contribution in [-0.2, 0) is 11.3 Å². The van der Waals surface area contributed by atoms with Crippen molar-refractivity contribution in [3.05, 3.63) is 97.7 Å². The third-order valence-corrected chi connectivity index (χ3v) is 7.60. The number of carbonyl (C=O) groups is 2. The Morgan fingerprint density at radius 3 is 2.38 bits per heavy atom. The van der Waals surface area contributed by atoms with Gasteiger partial charge in [0.1, 0.15) is 11.4 Å². The molecule has 39 heavy (non-hydrogen) atoms. The van der Waals surface area contributed by atoms with E-state index in [2.05, 4.69) is 0 Å². The van der Waals surface area contributed by atoms with Crippen molar-refractivity contribution >= 4 is 39.8 Å². The van der Waals surface area contributed by atoms with Crippen molar-refractivity contribution in [2.24, 2.45) is 0 Å². The molecule has 9 heteroatoms. The fourth-order valence-electron chi connectivity index (χ4n) is 4.89. The first kappa shape index (κ1) is 28.0. The Kier molecular flexibility index (Phi) is 8.50. The highest BCUT2D eigenvalue weighted by atomic mass is 32.1. The smallest absolute Gasteiger partial charge is 0.345 e. The van der Waals surface area contributed by atoms with E-state index in [0.717, 1.165) is 16.5 Å². The molecule has 0 saturated carbocycles. The molecule has 1 saturated heterocycles. The monoisotopic (exact) mass is 549 g/mol. The highest BCUT2D eigenvalue weighted by Crippen LogP contribution is 2.32. The number of benzene rings is 2. The number of hydrogen-bond acceptors (Lipinski definition) is 6. The Hall–Kier alpha value is -3.98. The molecule has 0 bridgehead atoms. The van der Waals surface area contributed by atoms with Crippen molar-refractivity contribution in [1.82, 2.24) is 9.47 Å². The summed E-state index contributed by atoms with van der Waals surface area (Å²) in [5, 5.41) is 2.64. The number of halogens is 1. The van der Waals surface area contributed by atoms with Gasteiger partial charge in [0, 0.05) is 31.6 Å². The summed E-state index contributed by atoms with van der Waals surface area (Å²) in [6.45, 7) is 5.83. The van der Waals surface area contributed by atoms with Gasteiger partial charge < -0.3 is 19.1 Å². The molecule has 1 aliphatic heterocycles. The second-order valence-electron chi connectivity index (χ2n) is 9.24. The number of rotatable bonds is 6. The quantitative estimate of drug-likeness (QED) is 0.304. The molecule has 7 nitrogen and oxygen atoms in total. The summed E-state index contributed by atoms with van der Waals surface area (Å²) >= 11 is 1.41. The van der Waals surface area contributed by atoms with Crippen LogP contribution in [0.25, 0.3) is 10.9 Å². The Balaban J connectivity index is 0.00000353. The van der Waals surface area contributed by atoms with Gasteiger partial charge in [0.25, 0.3) is 11.5 Å². The summed E-state index contributed by atoms with van der Waals surface area (Å²) in [4.78, 5) is 44.6. The molecule has 2 aromatic carbocycles. The van der Waals surface area contributed by atoms with E-state index in [1.54, 1.807) is 28.5 Å². The van der Waals surface area contributed by atoms with Crippen LogP contribution in [0, 0.1) is 12.7 Å². The minimum Gasteiger partial charge on any atom is -0.462 e. The Morgan fingerprint density at radius 2 is 1.74 bits per heavy atom. The van der Waals surface area contributed by atoms with Crippen LogP contribution in [0.4, 0.5) is 10.1 Å². The molecule has 1 fully saturated rings. The van der Waals surface area contributed by atoms with Crippen LogP contribution in [0.15, 0.2) is 64.8 Å². The van der Waals surface area contributed by atoms with Crippen molar-refractivity contribution in [3.63, 3.8) is 0 Å². The van der Waals surface area contributed by atoms with Gasteiger partial charge in [-0.1, -0.05) is 37.3 Å².